The van der Waals surface area contributed by atoms with E-state index in [4.69, 9.17) is 10.5 Å². The first-order valence-electron chi connectivity index (χ1n) is 9.16. The standard InChI is InChI=1S/C18H30N6O2/c1-5-26-11-14-23-15-16(13(4)10-21-17(15)19)24(14)9-7-6-8-20-18(25)22-12(2)3/h10,12H,5-9,11H2,1-4H3,(H2,19,21)(H2,20,22,25). The van der Waals surface area contributed by atoms with Crippen LogP contribution in [0.1, 0.15) is 45.0 Å². The number of hydrogen-bond donors (Lipinski definition) is 3. The van der Waals surface area contributed by atoms with Crippen molar-refractivity contribution in [1.82, 2.24) is 25.2 Å². The smallest absolute Gasteiger partial charge is 0.314 e. The van der Waals surface area contributed by atoms with Gasteiger partial charge in [-0.05, 0) is 46.1 Å². The Morgan fingerprint density at radius 2 is 2.15 bits per heavy atom. The van der Waals surface area contributed by atoms with Crippen molar-refractivity contribution in [2.45, 2.75) is 59.7 Å². The number of nitrogens with zero attached hydrogens (tertiary/aromatic N) is 3. The number of unbranched alkanes of at least 4 members (excludes halogenated alkanes) is 1. The van der Waals surface area contributed by atoms with E-state index in [9.17, 15) is 4.79 Å². The fourth-order valence-corrected chi connectivity index (χ4v) is 2.82. The van der Waals surface area contributed by atoms with E-state index < -0.39 is 0 Å². The molecule has 0 atom stereocenters. The number of carbonyl (C=O) groups excluding carboxylic acids is 1. The number of carbonyl (C=O) groups is 1. The molecule has 2 heterocycles. The van der Waals surface area contributed by atoms with Crippen LogP contribution in [-0.4, -0.2) is 39.8 Å². The summed E-state index contributed by atoms with van der Waals surface area (Å²) in [6.07, 6.45) is 3.56. The van der Waals surface area contributed by atoms with Crippen molar-refractivity contribution in [3.8, 4) is 0 Å². The molecule has 0 radical (unpaired) electrons. The van der Waals surface area contributed by atoms with E-state index in [1.165, 1.54) is 0 Å². The van der Waals surface area contributed by atoms with Gasteiger partial charge >= 0.3 is 6.03 Å². The van der Waals surface area contributed by atoms with Gasteiger partial charge in [-0.25, -0.2) is 14.8 Å². The van der Waals surface area contributed by atoms with Gasteiger partial charge in [-0.2, -0.15) is 0 Å². The Morgan fingerprint density at radius 1 is 1.38 bits per heavy atom. The molecule has 0 unspecified atom stereocenters. The fourth-order valence-electron chi connectivity index (χ4n) is 2.82. The summed E-state index contributed by atoms with van der Waals surface area (Å²) in [7, 11) is 0. The second kappa shape index (κ2) is 9.38. The van der Waals surface area contributed by atoms with Crippen molar-refractivity contribution in [2.24, 2.45) is 0 Å². The molecular formula is C18H30N6O2. The highest BCUT2D eigenvalue weighted by Crippen LogP contribution is 2.24. The molecule has 0 aromatic carbocycles. The van der Waals surface area contributed by atoms with Crippen molar-refractivity contribution >= 4 is 22.9 Å². The number of amides is 2. The van der Waals surface area contributed by atoms with Gasteiger partial charge in [0, 0.05) is 31.9 Å². The fraction of sp³-hybridized carbons (Fsp3) is 0.611. The van der Waals surface area contributed by atoms with Gasteiger partial charge in [0.25, 0.3) is 0 Å². The highest BCUT2D eigenvalue weighted by Gasteiger charge is 2.15. The summed E-state index contributed by atoms with van der Waals surface area (Å²) in [5, 5.41) is 5.69. The zero-order chi connectivity index (χ0) is 19.1. The SMILES string of the molecule is CCOCc1nc2c(N)ncc(C)c2n1CCCCNC(=O)NC(C)C. The van der Waals surface area contributed by atoms with Crippen molar-refractivity contribution in [3.63, 3.8) is 0 Å². The van der Waals surface area contributed by atoms with Crippen LogP contribution in [0.15, 0.2) is 6.20 Å². The lowest BCUT2D eigenvalue weighted by Crippen LogP contribution is -2.39. The van der Waals surface area contributed by atoms with E-state index in [2.05, 4.69) is 25.2 Å². The van der Waals surface area contributed by atoms with Crippen LogP contribution in [0.3, 0.4) is 0 Å². The number of hydrogen-bond acceptors (Lipinski definition) is 5. The maximum Gasteiger partial charge on any atom is 0.314 e. The Hall–Kier alpha value is -2.35. The van der Waals surface area contributed by atoms with Crippen LogP contribution >= 0.6 is 0 Å². The van der Waals surface area contributed by atoms with Gasteiger partial charge in [-0.3, -0.25) is 0 Å². The molecule has 144 valence electrons. The molecular weight excluding hydrogens is 332 g/mol. The maximum absolute atomic E-state index is 11.6. The van der Waals surface area contributed by atoms with Gasteiger partial charge in [-0.1, -0.05) is 0 Å². The number of ether oxygens (including phenoxy) is 1. The number of nitrogen functional groups attached to an aromatic ring is 1. The Labute approximate surface area is 154 Å². The van der Waals surface area contributed by atoms with Gasteiger partial charge in [0.05, 0.1) is 5.52 Å². The number of pyridine rings is 1. The summed E-state index contributed by atoms with van der Waals surface area (Å²) in [5.41, 5.74) is 8.79. The molecule has 0 saturated carbocycles. The van der Waals surface area contributed by atoms with Crippen LogP contribution < -0.4 is 16.4 Å². The normalized spacial score (nSPS) is 11.3. The number of aryl methyl sites for hydroxylation is 2. The Balaban J connectivity index is 2.03. The van der Waals surface area contributed by atoms with E-state index in [1.807, 2.05) is 27.7 Å². The molecule has 2 aromatic heterocycles. The van der Waals surface area contributed by atoms with E-state index in [0.717, 1.165) is 41.8 Å². The molecule has 0 saturated heterocycles. The predicted molar refractivity (Wildman–Crippen MR) is 103 cm³/mol. The van der Waals surface area contributed by atoms with Crippen molar-refractivity contribution in [3.05, 3.63) is 17.6 Å². The zero-order valence-corrected chi connectivity index (χ0v) is 16.1. The number of imidazole rings is 1. The summed E-state index contributed by atoms with van der Waals surface area (Å²) in [6, 6.07) is 0.00953. The summed E-state index contributed by atoms with van der Waals surface area (Å²) in [6.45, 7) is 10.3. The van der Waals surface area contributed by atoms with E-state index >= 15 is 0 Å². The largest absolute Gasteiger partial charge is 0.382 e. The molecule has 0 fully saturated rings. The molecule has 4 N–H and O–H groups in total. The van der Waals surface area contributed by atoms with Crippen LogP contribution in [0.4, 0.5) is 10.6 Å². The third kappa shape index (κ3) is 5.08. The molecule has 0 bridgehead atoms. The molecule has 2 rings (SSSR count). The number of rotatable bonds is 9. The third-order valence-electron chi connectivity index (χ3n) is 4.01. The molecule has 2 amide bonds. The molecule has 8 nitrogen and oxygen atoms in total. The number of nitrogens with two attached hydrogens (primary N) is 1. The number of nitrogens with one attached hydrogen (secondary N) is 2. The maximum atomic E-state index is 11.6. The lowest BCUT2D eigenvalue weighted by atomic mass is 10.2. The topological polar surface area (TPSA) is 107 Å². The van der Waals surface area contributed by atoms with Gasteiger partial charge in [-0.15, -0.1) is 0 Å². The van der Waals surface area contributed by atoms with E-state index in [1.54, 1.807) is 6.20 Å². The average Bonchev–Trinajstić information content (AvgIpc) is 2.95. The summed E-state index contributed by atoms with van der Waals surface area (Å²) < 4.78 is 7.71. The minimum atomic E-state index is -0.125. The minimum Gasteiger partial charge on any atom is -0.382 e. The highest BCUT2D eigenvalue weighted by atomic mass is 16.5. The number of anilines is 1. The molecule has 0 aliphatic rings. The van der Waals surface area contributed by atoms with Crippen LogP contribution in [0, 0.1) is 6.92 Å². The number of urea groups is 1. The second-order valence-electron chi connectivity index (χ2n) is 6.60. The molecule has 2 aromatic rings. The van der Waals surface area contributed by atoms with Gasteiger partial charge in [0.2, 0.25) is 0 Å². The van der Waals surface area contributed by atoms with Gasteiger partial charge in [0.15, 0.2) is 5.82 Å². The lowest BCUT2D eigenvalue weighted by molar-refractivity contribution is 0.126. The van der Waals surface area contributed by atoms with Crippen molar-refractivity contribution in [1.29, 1.82) is 0 Å². The van der Waals surface area contributed by atoms with Crippen molar-refractivity contribution < 1.29 is 9.53 Å². The number of fused-ring (bicyclic) bond motifs is 1. The minimum absolute atomic E-state index is 0.125. The first-order chi connectivity index (χ1) is 12.4. The van der Waals surface area contributed by atoms with Crippen LogP contribution in [0.2, 0.25) is 0 Å². The number of aromatic nitrogens is 3. The van der Waals surface area contributed by atoms with E-state index in [-0.39, 0.29) is 12.1 Å². The van der Waals surface area contributed by atoms with Crippen LogP contribution in [0.5, 0.6) is 0 Å². The quantitative estimate of drug-likeness (QED) is 0.594. The summed E-state index contributed by atoms with van der Waals surface area (Å²) in [5.74, 6) is 1.30. The van der Waals surface area contributed by atoms with Crippen molar-refractivity contribution in [2.75, 3.05) is 18.9 Å². The molecule has 26 heavy (non-hydrogen) atoms. The van der Waals surface area contributed by atoms with Crippen LogP contribution in [0.25, 0.3) is 11.0 Å². The zero-order valence-electron chi connectivity index (χ0n) is 16.1. The second-order valence-corrected chi connectivity index (χ2v) is 6.60. The first kappa shape index (κ1) is 20.0. The molecule has 0 aliphatic carbocycles. The Morgan fingerprint density at radius 3 is 2.85 bits per heavy atom. The molecule has 0 spiro atoms. The first-order valence-corrected chi connectivity index (χ1v) is 9.16. The van der Waals surface area contributed by atoms with Crippen LogP contribution in [-0.2, 0) is 17.9 Å². The highest BCUT2D eigenvalue weighted by molar-refractivity contribution is 5.87. The third-order valence-corrected chi connectivity index (χ3v) is 4.01. The van der Waals surface area contributed by atoms with Gasteiger partial charge in [0.1, 0.15) is 17.9 Å². The average molecular weight is 362 g/mol. The predicted octanol–water partition coefficient (Wildman–Crippen LogP) is 2.35. The van der Waals surface area contributed by atoms with Gasteiger partial charge < -0.3 is 25.7 Å². The Kier molecular flexibility index (Phi) is 7.20. The molecule has 8 heteroatoms. The summed E-state index contributed by atoms with van der Waals surface area (Å²) >= 11 is 0. The summed E-state index contributed by atoms with van der Waals surface area (Å²) in [4.78, 5) is 20.4. The lowest BCUT2D eigenvalue weighted by Gasteiger charge is -2.12. The Bertz CT molecular complexity index is 741. The molecule has 0 aliphatic heterocycles. The monoisotopic (exact) mass is 362 g/mol. The van der Waals surface area contributed by atoms with E-state index in [0.29, 0.717) is 25.6 Å².